The first-order chi connectivity index (χ1) is 11.0. The van der Waals surface area contributed by atoms with Crippen molar-refractivity contribution in [3.8, 4) is 0 Å². The average Bonchev–Trinajstić information content (AvgIpc) is 3.01. The van der Waals surface area contributed by atoms with Crippen molar-refractivity contribution >= 4 is 17.2 Å². The van der Waals surface area contributed by atoms with Crippen LogP contribution in [0.5, 0.6) is 0 Å². The van der Waals surface area contributed by atoms with E-state index < -0.39 is 0 Å². The van der Waals surface area contributed by atoms with Crippen LogP contribution < -0.4 is 0 Å². The number of nitrogens with zero attached hydrogens (tertiary/aromatic N) is 4. The van der Waals surface area contributed by atoms with E-state index in [1.54, 1.807) is 0 Å². The Kier molecular flexibility index (Phi) is 3.52. The van der Waals surface area contributed by atoms with Gasteiger partial charge in [-0.2, -0.15) is 0 Å². The maximum atomic E-state index is 12.8. The fraction of sp³-hybridized carbons (Fsp3) is 0.588. The predicted molar refractivity (Wildman–Crippen MR) is 89.4 cm³/mol. The summed E-state index contributed by atoms with van der Waals surface area (Å²) in [4.78, 5) is 17.4. The number of aromatic nitrogens is 3. The highest BCUT2D eigenvalue weighted by atomic mass is 32.1. The van der Waals surface area contributed by atoms with Gasteiger partial charge in [0.05, 0.1) is 6.54 Å². The van der Waals surface area contributed by atoms with Crippen LogP contribution >= 0.6 is 11.3 Å². The summed E-state index contributed by atoms with van der Waals surface area (Å²) in [5.74, 6) is 3.23. The van der Waals surface area contributed by atoms with Crippen molar-refractivity contribution in [1.29, 1.82) is 0 Å². The third-order valence-corrected chi connectivity index (χ3v) is 5.98. The molecule has 3 heterocycles. The van der Waals surface area contributed by atoms with E-state index in [-0.39, 0.29) is 5.92 Å². The molecule has 0 aromatic carbocycles. The summed E-state index contributed by atoms with van der Waals surface area (Å²) in [6.45, 7) is 8.58. The van der Waals surface area contributed by atoms with Crippen molar-refractivity contribution in [2.24, 2.45) is 5.92 Å². The van der Waals surface area contributed by atoms with Crippen LogP contribution in [-0.4, -0.2) is 32.1 Å². The molecule has 4 rings (SSSR count). The summed E-state index contributed by atoms with van der Waals surface area (Å²) in [5.41, 5.74) is 0. The van der Waals surface area contributed by atoms with E-state index in [1.807, 2.05) is 16.2 Å². The van der Waals surface area contributed by atoms with Gasteiger partial charge in [0.15, 0.2) is 5.82 Å². The molecule has 6 heteroatoms. The lowest BCUT2D eigenvalue weighted by molar-refractivity contribution is -0.134. The monoisotopic (exact) mass is 330 g/mol. The Balaban J connectivity index is 1.45. The highest BCUT2D eigenvalue weighted by molar-refractivity contribution is 7.12. The van der Waals surface area contributed by atoms with Gasteiger partial charge >= 0.3 is 0 Å². The molecule has 2 atom stereocenters. The minimum absolute atomic E-state index is 0.173. The van der Waals surface area contributed by atoms with Crippen LogP contribution in [0.25, 0.3) is 0 Å². The molecule has 122 valence electrons. The molecule has 5 nitrogen and oxygen atoms in total. The Labute approximate surface area is 140 Å². The minimum atomic E-state index is 0.173. The summed E-state index contributed by atoms with van der Waals surface area (Å²) in [6.07, 6.45) is 0.999. The number of carbonyl (C=O) groups excluding carboxylic acids is 1. The molecule has 0 saturated heterocycles. The Morgan fingerprint density at radius 3 is 2.83 bits per heavy atom. The maximum Gasteiger partial charge on any atom is 0.226 e. The van der Waals surface area contributed by atoms with Crippen LogP contribution in [0.3, 0.4) is 0 Å². The third kappa shape index (κ3) is 2.59. The highest BCUT2D eigenvalue weighted by Crippen LogP contribution is 2.50. The quantitative estimate of drug-likeness (QED) is 0.869. The standard InChI is InChI=1S/C17H22N4OS/c1-10(2)16-19-18-15-9-20(6-7-21(15)16)17(22)13-8-12(13)14-5-4-11(3)23-14/h4-5,10,12-13H,6-9H2,1-3H3. The van der Waals surface area contributed by atoms with E-state index in [0.29, 0.717) is 24.3 Å². The number of carbonyl (C=O) groups is 1. The zero-order valence-corrected chi connectivity index (χ0v) is 14.6. The van der Waals surface area contributed by atoms with Crippen LogP contribution in [0.4, 0.5) is 0 Å². The number of thiophene rings is 1. The van der Waals surface area contributed by atoms with Crippen molar-refractivity contribution in [3.05, 3.63) is 33.5 Å². The van der Waals surface area contributed by atoms with E-state index in [1.165, 1.54) is 9.75 Å². The lowest BCUT2D eigenvalue weighted by Gasteiger charge is -2.28. The van der Waals surface area contributed by atoms with Gasteiger partial charge in [0.1, 0.15) is 5.82 Å². The van der Waals surface area contributed by atoms with Gasteiger partial charge in [0.2, 0.25) is 5.91 Å². The van der Waals surface area contributed by atoms with Crippen molar-refractivity contribution < 1.29 is 4.79 Å². The van der Waals surface area contributed by atoms with E-state index in [2.05, 4.69) is 47.7 Å². The number of hydrogen-bond acceptors (Lipinski definition) is 4. The molecular formula is C17H22N4OS. The lowest BCUT2D eigenvalue weighted by atomic mass is 10.2. The van der Waals surface area contributed by atoms with Crippen LogP contribution in [-0.2, 0) is 17.9 Å². The molecule has 0 bridgehead atoms. The minimum Gasteiger partial charge on any atom is -0.333 e. The summed E-state index contributed by atoms with van der Waals surface area (Å²) in [7, 11) is 0. The average molecular weight is 330 g/mol. The van der Waals surface area contributed by atoms with Crippen LogP contribution in [0.1, 0.15) is 53.5 Å². The van der Waals surface area contributed by atoms with Crippen molar-refractivity contribution in [1.82, 2.24) is 19.7 Å². The second-order valence-corrected chi connectivity index (χ2v) is 8.26. The number of amides is 1. The zero-order chi connectivity index (χ0) is 16.1. The largest absolute Gasteiger partial charge is 0.333 e. The van der Waals surface area contributed by atoms with Crippen molar-refractivity contribution in [2.75, 3.05) is 6.54 Å². The fourth-order valence-corrected chi connectivity index (χ4v) is 4.52. The van der Waals surface area contributed by atoms with Crippen LogP contribution in [0, 0.1) is 12.8 Å². The number of hydrogen-bond donors (Lipinski definition) is 0. The SMILES string of the molecule is Cc1ccc(C2CC2C(=O)N2CCn3c(nnc3C(C)C)C2)s1. The van der Waals surface area contributed by atoms with Gasteiger partial charge in [-0.15, -0.1) is 21.5 Å². The second kappa shape index (κ2) is 5.44. The van der Waals surface area contributed by atoms with Crippen LogP contribution in [0.15, 0.2) is 12.1 Å². The van der Waals surface area contributed by atoms with Gasteiger partial charge in [0.25, 0.3) is 0 Å². The summed E-state index contributed by atoms with van der Waals surface area (Å²) in [5, 5.41) is 8.59. The van der Waals surface area contributed by atoms with E-state index >= 15 is 0 Å². The maximum absolute atomic E-state index is 12.8. The molecule has 1 fully saturated rings. The number of rotatable bonds is 3. The molecule has 2 aromatic rings. The lowest BCUT2D eigenvalue weighted by Crippen LogP contribution is -2.39. The van der Waals surface area contributed by atoms with Gasteiger partial charge in [-0.25, -0.2) is 0 Å². The molecule has 2 aromatic heterocycles. The van der Waals surface area contributed by atoms with Gasteiger partial charge in [-0.1, -0.05) is 13.8 Å². The molecule has 1 amide bonds. The zero-order valence-electron chi connectivity index (χ0n) is 13.8. The number of fused-ring (bicyclic) bond motifs is 1. The Morgan fingerprint density at radius 1 is 1.30 bits per heavy atom. The van der Waals surface area contributed by atoms with E-state index in [4.69, 9.17) is 0 Å². The molecule has 2 unspecified atom stereocenters. The van der Waals surface area contributed by atoms with Crippen molar-refractivity contribution in [2.45, 2.75) is 52.1 Å². The van der Waals surface area contributed by atoms with Gasteiger partial charge < -0.3 is 9.47 Å². The summed E-state index contributed by atoms with van der Waals surface area (Å²) >= 11 is 1.82. The van der Waals surface area contributed by atoms with Gasteiger partial charge in [0, 0.05) is 40.6 Å². The van der Waals surface area contributed by atoms with E-state index in [0.717, 1.165) is 31.2 Å². The molecule has 2 aliphatic rings. The molecule has 0 N–H and O–H groups in total. The number of aryl methyl sites for hydroxylation is 1. The smallest absolute Gasteiger partial charge is 0.226 e. The molecule has 0 spiro atoms. The first-order valence-corrected chi connectivity index (χ1v) is 9.13. The molecule has 1 saturated carbocycles. The first kappa shape index (κ1) is 14.9. The molecular weight excluding hydrogens is 308 g/mol. The highest BCUT2D eigenvalue weighted by Gasteiger charge is 2.47. The second-order valence-electron chi connectivity index (χ2n) is 6.94. The topological polar surface area (TPSA) is 51.0 Å². The Hall–Kier alpha value is -1.69. The fourth-order valence-electron chi connectivity index (χ4n) is 3.47. The predicted octanol–water partition coefficient (Wildman–Crippen LogP) is 2.92. The third-order valence-electron chi connectivity index (χ3n) is 4.84. The first-order valence-electron chi connectivity index (χ1n) is 8.31. The molecule has 1 aliphatic carbocycles. The molecule has 23 heavy (non-hydrogen) atoms. The normalized spacial score (nSPS) is 23.2. The summed E-state index contributed by atoms with van der Waals surface area (Å²) < 4.78 is 2.18. The molecule has 0 radical (unpaired) electrons. The Bertz CT molecular complexity index is 748. The van der Waals surface area contributed by atoms with Crippen LogP contribution in [0.2, 0.25) is 0 Å². The summed E-state index contributed by atoms with van der Waals surface area (Å²) in [6, 6.07) is 4.33. The van der Waals surface area contributed by atoms with E-state index in [9.17, 15) is 4.79 Å². The van der Waals surface area contributed by atoms with Gasteiger partial charge in [-0.05, 0) is 25.5 Å². The van der Waals surface area contributed by atoms with Gasteiger partial charge in [-0.3, -0.25) is 4.79 Å². The molecule has 1 aliphatic heterocycles. The Morgan fingerprint density at radius 2 is 2.13 bits per heavy atom. The van der Waals surface area contributed by atoms with Crippen molar-refractivity contribution in [3.63, 3.8) is 0 Å².